The van der Waals surface area contributed by atoms with Crippen LogP contribution in [0.1, 0.15) is 40.6 Å². The molecule has 196 valence electrons. The summed E-state index contributed by atoms with van der Waals surface area (Å²) < 4.78 is 13.6. The fraction of sp³-hybridized carbons (Fsp3) is 0.182. The first kappa shape index (κ1) is 25.9. The lowest BCUT2D eigenvalue weighted by atomic mass is 9.77. The van der Waals surface area contributed by atoms with Crippen molar-refractivity contribution >= 4 is 49.4 Å². The molecule has 0 saturated carbocycles. The zero-order valence-electron chi connectivity index (χ0n) is 21.5. The molecule has 0 aromatic heterocycles. The van der Waals surface area contributed by atoms with Crippen LogP contribution < -0.4 is 14.8 Å². The number of hydrogen-bond donors (Lipinski definition) is 1. The predicted octanol–water partition coefficient (Wildman–Crippen LogP) is 9.38. The van der Waals surface area contributed by atoms with Crippen molar-refractivity contribution in [2.45, 2.75) is 25.0 Å². The minimum Gasteiger partial charge on any atom is -0.493 e. The summed E-state index contributed by atoms with van der Waals surface area (Å²) in [5.74, 6) is 2.33. The first-order valence-electron chi connectivity index (χ1n) is 13.0. The van der Waals surface area contributed by atoms with E-state index >= 15 is 0 Å². The molecule has 0 unspecified atom stereocenters. The molecule has 2 aliphatic rings. The summed E-state index contributed by atoms with van der Waals surface area (Å²) in [5, 5.41) is 3.80. The molecule has 39 heavy (non-hydrogen) atoms. The van der Waals surface area contributed by atoms with Gasteiger partial charge in [0.1, 0.15) is 6.61 Å². The van der Waals surface area contributed by atoms with Crippen LogP contribution in [0.4, 0.5) is 11.4 Å². The van der Waals surface area contributed by atoms with Gasteiger partial charge in [-0.3, -0.25) is 4.99 Å². The van der Waals surface area contributed by atoms with E-state index in [2.05, 4.69) is 97.9 Å². The number of anilines is 1. The summed E-state index contributed by atoms with van der Waals surface area (Å²) in [6, 6.07) is 29.5. The van der Waals surface area contributed by atoms with Crippen molar-refractivity contribution in [1.82, 2.24) is 0 Å². The van der Waals surface area contributed by atoms with E-state index < -0.39 is 0 Å². The van der Waals surface area contributed by atoms with E-state index in [0.717, 1.165) is 32.2 Å². The summed E-state index contributed by atoms with van der Waals surface area (Å²) in [6.45, 7) is 0.446. The van der Waals surface area contributed by atoms with Gasteiger partial charge in [-0.05, 0) is 93.0 Å². The molecule has 1 aliphatic heterocycles. The molecule has 0 amide bonds. The van der Waals surface area contributed by atoms with Gasteiger partial charge in [-0.2, -0.15) is 0 Å². The Morgan fingerprint density at radius 3 is 2.56 bits per heavy atom. The van der Waals surface area contributed by atoms with Crippen molar-refractivity contribution in [1.29, 1.82) is 0 Å². The van der Waals surface area contributed by atoms with Gasteiger partial charge in [-0.15, -0.1) is 0 Å². The zero-order chi connectivity index (χ0) is 26.8. The maximum absolute atomic E-state index is 6.08. The first-order valence-corrected chi connectivity index (χ1v) is 14.6. The number of methoxy groups -OCH3 is 1. The van der Waals surface area contributed by atoms with Crippen LogP contribution in [0.25, 0.3) is 0 Å². The van der Waals surface area contributed by atoms with Gasteiger partial charge in [0.25, 0.3) is 0 Å². The molecule has 4 aromatic carbocycles. The standard InChI is InChI=1S/C33H28Br2N2O2/c1-38-31-18-22(17-29(35)33(31)39-20-21-9-13-24(34)14-10-21)19-36-25-15-11-23(12-16-25)32-28-7-4-6-26(28)27-5-2-3-8-30(27)37-32/h2-6,8-19,26,28,32,37H,7,20H2,1H3/t26-,28-,32+/m1/s1. The van der Waals surface area contributed by atoms with Crippen LogP contribution in [-0.2, 0) is 6.61 Å². The number of fused-ring (bicyclic) bond motifs is 3. The number of nitrogens with zero attached hydrogens (tertiary/aromatic N) is 1. The monoisotopic (exact) mass is 642 g/mol. The molecule has 4 aromatic rings. The van der Waals surface area contributed by atoms with Gasteiger partial charge in [0.15, 0.2) is 11.5 Å². The van der Waals surface area contributed by atoms with Gasteiger partial charge >= 0.3 is 0 Å². The van der Waals surface area contributed by atoms with Crippen molar-refractivity contribution in [3.8, 4) is 11.5 Å². The second kappa shape index (κ2) is 11.4. The first-order chi connectivity index (χ1) is 19.1. The minimum absolute atomic E-state index is 0.281. The highest BCUT2D eigenvalue weighted by atomic mass is 79.9. The van der Waals surface area contributed by atoms with Gasteiger partial charge < -0.3 is 14.8 Å². The molecule has 0 saturated heterocycles. The molecule has 3 atom stereocenters. The van der Waals surface area contributed by atoms with Crippen LogP contribution in [0.5, 0.6) is 11.5 Å². The Hall–Kier alpha value is -3.35. The van der Waals surface area contributed by atoms with Crippen LogP contribution in [0.15, 0.2) is 111 Å². The van der Waals surface area contributed by atoms with Gasteiger partial charge in [0, 0.05) is 22.3 Å². The van der Waals surface area contributed by atoms with Crippen molar-refractivity contribution in [3.63, 3.8) is 0 Å². The third-order valence-corrected chi connectivity index (χ3v) is 8.55. The van der Waals surface area contributed by atoms with E-state index in [-0.39, 0.29) is 6.04 Å². The third-order valence-electron chi connectivity index (χ3n) is 7.44. The maximum Gasteiger partial charge on any atom is 0.175 e. The summed E-state index contributed by atoms with van der Waals surface area (Å²) in [4.78, 5) is 4.73. The number of ether oxygens (including phenoxy) is 2. The van der Waals surface area contributed by atoms with E-state index in [0.29, 0.717) is 29.9 Å². The molecule has 0 radical (unpaired) electrons. The molecule has 1 heterocycles. The molecule has 0 spiro atoms. The Morgan fingerprint density at radius 2 is 1.77 bits per heavy atom. The molecule has 1 aliphatic carbocycles. The maximum atomic E-state index is 6.08. The van der Waals surface area contributed by atoms with Gasteiger partial charge in [0.05, 0.1) is 23.3 Å². The van der Waals surface area contributed by atoms with Crippen LogP contribution in [-0.4, -0.2) is 13.3 Å². The van der Waals surface area contributed by atoms with Crippen LogP contribution in [0.3, 0.4) is 0 Å². The smallest absolute Gasteiger partial charge is 0.175 e. The summed E-state index contributed by atoms with van der Waals surface area (Å²) in [6.07, 6.45) is 7.65. The molecule has 6 heteroatoms. The van der Waals surface area contributed by atoms with Crippen molar-refractivity contribution in [2.24, 2.45) is 10.9 Å². The van der Waals surface area contributed by atoms with Crippen molar-refractivity contribution in [2.75, 3.05) is 12.4 Å². The van der Waals surface area contributed by atoms with E-state index in [1.165, 1.54) is 16.8 Å². The number of allylic oxidation sites excluding steroid dienone is 2. The van der Waals surface area contributed by atoms with E-state index in [4.69, 9.17) is 14.5 Å². The summed E-state index contributed by atoms with van der Waals surface area (Å²) in [7, 11) is 1.65. The lowest BCUT2D eigenvalue weighted by Crippen LogP contribution is -2.28. The number of hydrogen-bond acceptors (Lipinski definition) is 4. The fourth-order valence-corrected chi connectivity index (χ4v) is 6.32. The van der Waals surface area contributed by atoms with Crippen molar-refractivity contribution < 1.29 is 9.47 Å². The molecular weight excluding hydrogens is 616 g/mol. The minimum atomic E-state index is 0.281. The second-order valence-electron chi connectivity index (χ2n) is 9.86. The highest BCUT2D eigenvalue weighted by Gasteiger charge is 2.37. The highest BCUT2D eigenvalue weighted by Crippen LogP contribution is 2.49. The lowest BCUT2D eigenvalue weighted by molar-refractivity contribution is 0.282. The summed E-state index contributed by atoms with van der Waals surface area (Å²) in [5.41, 5.74) is 6.83. The molecule has 1 N–H and O–H groups in total. The van der Waals surface area contributed by atoms with Gasteiger partial charge in [0.2, 0.25) is 0 Å². The Bertz CT molecular complexity index is 1530. The van der Waals surface area contributed by atoms with Crippen LogP contribution >= 0.6 is 31.9 Å². The Morgan fingerprint density at radius 1 is 0.974 bits per heavy atom. The van der Waals surface area contributed by atoms with Gasteiger partial charge in [-0.25, -0.2) is 0 Å². The largest absolute Gasteiger partial charge is 0.493 e. The molecule has 6 rings (SSSR count). The molecule has 0 bridgehead atoms. The SMILES string of the molecule is COc1cc(C=Nc2ccc([C@@H]3Nc4ccccc4[C@H]4C=CC[C@H]43)cc2)cc(Br)c1OCc1ccc(Br)cc1. The number of aliphatic imine (C=N–C) groups is 1. The van der Waals surface area contributed by atoms with Crippen LogP contribution in [0.2, 0.25) is 0 Å². The summed E-state index contributed by atoms with van der Waals surface area (Å²) >= 11 is 7.12. The van der Waals surface area contributed by atoms with Crippen LogP contribution in [0, 0.1) is 5.92 Å². The number of benzene rings is 4. The van der Waals surface area contributed by atoms with E-state index in [1.807, 2.05) is 42.6 Å². The Labute approximate surface area is 246 Å². The lowest BCUT2D eigenvalue weighted by Gasteiger charge is -2.37. The topological polar surface area (TPSA) is 42.8 Å². The Balaban J connectivity index is 1.16. The molecule has 4 nitrogen and oxygen atoms in total. The quantitative estimate of drug-likeness (QED) is 0.161. The predicted molar refractivity (Wildman–Crippen MR) is 166 cm³/mol. The Kier molecular flexibility index (Phi) is 7.58. The number of nitrogens with one attached hydrogen (secondary N) is 1. The average molecular weight is 644 g/mol. The molecular formula is C33H28Br2N2O2. The van der Waals surface area contributed by atoms with E-state index in [1.54, 1.807) is 7.11 Å². The highest BCUT2D eigenvalue weighted by molar-refractivity contribution is 9.10. The van der Waals surface area contributed by atoms with E-state index in [9.17, 15) is 0 Å². The fourth-order valence-electron chi connectivity index (χ4n) is 5.48. The number of rotatable bonds is 7. The number of halogens is 2. The third kappa shape index (κ3) is 5.54. The van der Waals surface area contributed by atoms with Gasteiger partial charge in [-0.1, -0.05) is 70.5 Å². The number of para-hydroxylation sites is 1. The average Bonchev–Trinajstić information content (AvgIpc) is 3.46. The second-order valence-corrected chi connectivity index (χ2v) is 11.6. The molecule has 0 fully saturated rings. The normalized spacial score (nSPS) is 19.4. The zero-order valence-corrected chi connectivity index (χ0v) is 24.7. The van der Waals surface area contributed by atoms with Crippen molar-refractivity contribution in [3.05, 3.63) is 128 Å².